The first-order valence-corrected chi connectivity index (χ1v) is 7.53. The number of aryl methyl sites for hydroxylation is 1. The van der Waals surface area contributed by atoms with E-state index in [0.29, 0.717) is 29.3 Å². The normalized spacial score (nSPS) is 9.92. The highest BCUT2D eigenvalue weighted by atomic mass is 16.5. The van der Waals surface area contributed by atoms with Crippen molar-refractivity contribution >= 4 is 23.2 Å². The van der Waals surface area contributed by atoms with Crippen molar-refractivity contribution in [3.8, 4) is 5.75 Å². The SMILES string of the molecule is C=CCOc1ccc(C(=O)Nc2cc(NC(C)=O)ccc2C)cc1. The Labute approximate surface area is 141 Å². The van der Waals surface area contributed by atoms with Crippen LogP contribution in [0.1, 0.15) is 22.8 Å². The highest BCUT2D eigenvalue weighted by Gasteiger charge is 2.09. The van der Waals surface area contributed by atoms with E-state index in [1.165, 1.54) is 6.92 Å². The van der Waals surface area contributed by atoms with Crippen molar-refractivity contribution in [3.63, 3.8) is 0 Å². The Morgan fingerprint density at radius 3 is 2.46 bits per heavy atom. The van der Waals surface area contributed by atoms with Crippen molar-refractivity contribution in [2.75, 3.05) is 17.2 Å². The molecule has 24 heavy (non-hydrogen) atoms. The first-order valence-electron chi connectivity index (χ1n) is 7.53. The average molecular weight is 324 g/mol. The number of hydrogen-bond donors (Lipinski definition) is 2. The van der Waals surface area contributed by atoms with Gasteiger partial charge in [0.05, 0.1) is 0 Å². The minimum Gasteiger partial charge on any atom is -0.490 e. The number of carbonyl (C=O) groups is 2. The molecule has 0 aliphatic heterocycles. The number of anilines is 2. The van der Waals surface area contributed by atoms with Gasteiger partial charge in [-0.3, -0.25) is 9.59 Å². The quantitative estimate of drug-likeness (QED) is 0.795. The van der Waals surface area contributed by atoms with E-state index in [1.807, 2.05) is 13.0 Å². The van der Waals surface area contributed by atoms with Gasteiger partial charge in [-0.15, -0.1) is 0 Å². The monoisotopic (exact) mass is 324 g/mol. The van der Waals surface area contributed by atoms with Crippen molar-refractivity contribution in [2.45, 2.75) is 13.8 Å². The lowest BCUT2D eigenvalue weighted by Crippen LogP contribution is -2.13. The molecule has 0 aliphatic carbocycles. The van der Waals surface area contributed by atoms with Gasteiger partial charge in [0.25, 0.3) is 5.91 Å². The van der Waals surface area contributed by atoms with Crippen LogP contribution in [0.15, 0.2) is 55.1 Å². The summed E-state index contributed by atoms with van der Waals surface area (Å²) in [6.07, 6.45) is 1.66. The van der Waals surface area contributed by atoms with Gasteiger partial charge < -0.3 is 15.4 Å². The minimum atomic E-state index is -0.228. The van der Waals surface area contributed by atoms with E-state index < -0.39 is 0 Å². The first-order chi connectivity index (χ1) is 11.5. The van der Waals surface area contributed by atoms with E-state index >= 15 is 0 Å². The van der Waals surface area contributed by atoms with E-state index in [9.17, 15) is 9.59 Å². The molecular weight excluding hydrogens is 304 g/mol. The third-order valence-corrected chi connectivity index (χ3v) is 3.29. The summed E-state index contributed by atoms with van der Waals surface area (Å²) < 4.78 is 5.39. The molecule has 5 nitrogen and oxygen atoms in total. The summed E-state index contributed by atoms with van der Waals surface area (Å²) in [4.78, 5) is 23.5. The van der Waals surface area contributed by atoms with Crippen LogP contribution in [0.3, 0.4) is 0 Å². The second kappa shape index (κ2) is 7.97. The van der Waals surface area contributed by atoms with Crippen LogP contribution >= 0.6 is 0 Å². The zero-order valence-electron chi connectivity index (χ0n) is 13.8. The van der Waals surface area contributed by atoms with Crippen molar-refractivity contribution in [2.24, 2.45) is 0 Å². The maximum absolute atomic E-state index is 12.4. The van der Waals surface area contributed by atoms with Crippen LogP contribution in [0, 0.1) is 6.92 Å². The Morgan fingerprint density at radius 1 is 1.12 bits per heavy atom. The largest absolute Gasteiger partial charge is 0.490 e. The molecule has 2 N–H and O–H groups in total. The maximum atomic E-state index is 12.4. The summed E-state index contributed by atoms with van der Waals surface area (Å²) >= 11 is 0. The van der Waals surface area contributed by atoms with Crippen LogP contribution in [-0.4, -0.2) is 18.4 Å². The van der Waals surface area contributed by atoms with Gasteiger partial charge in [-0.2, -0.15) is 0 Å². The highest BCUT2D eigenvalue weighted by molar-refractivity contribution is 6.05. The zero-order chi connectivity index (χ0) is 17.5. The van der Waals surface area contributed by atoms with Crippen LogP contribution in [0.25, 0.3) is 0 Å². The third-order valence-electron chi connectivity index (χ3n) is 3.29. The smallest absolute Gasteiger partial charge is 0.255 e. The molecule has 2 rings (SSSR count). The number of nitrogens with one attached hydrogen (secondary N) is 2. The second-order valence-corrected chi connectivity index (χ2v) is 5.29. The lowest BCUT2D eigenvalue weighted by atomic mass is 10.1. The molecule has 0 aromatic heterocycles. The summed E-state index contributed by atoms with van der Waals surface area (Å²) in [5.41, 5.74) is 2.71. The number of ether oxygens (including phenoxy) is 1. The van der Waals surface area contributed by atoms with E-state index in [-0.39, 0.29) is 11.8 Å². The fraction of sp³-hybridized carbons (Fsp3) is 0.158. The molecule has 0 radical (unpaired) electrons. The van der Waals surface area contributed by atoms with Crippen LogP contribution in [-0.2, 0) is 4.79 Å². The summed E-state index contributed by atoms with van der Waals surface area (Å²) in [7, 11) is 0. The number of hydrogen-bond acceptors (Lipinski definition) is 3. The van der Waals surface area contributed by atoms with E-state index in [2.05, 4.69) is 17.2 Å². The molecule has 0 aliphatic rings. The molecule has 0 spiro atoms. The number of carbonyl (C=O) groups excluding carboxylic acids is 2. The van der Waals surface area contributed by atoms with Gasteiger partial charge in [0.15, 0.2) is 0 Å². The summed E-state index contributed by atoms with van der Waals surface area (Å²) in [5.74, 6) is 0.287. The highest BCUT2D eigenvalue weighted by Crippen LogP contribution is 2.21. The molecule has 2 aromatic rings. The minimum absolute atomic E-state index is 0.161. The molecule has 2 amide bonds. The van der Waals surface area contributed by atoms with Gasteiger partial charge in [0.2, 0.25) is 5.91 Å². The van der Waals surface area contributed by atoms with Gasteiger partial charge >= 0.3 is 0 Å². The van der Waals surface area contributed by atoms with Gasteiger partial charge in [-0.1, -0.05) is 18.7 Å². The van der Waals surface area contributed by atoms with Crippen molar-refractivity contribution < 1.29 is 14.3 Å². The molecule has 0 bridgehead atoms. The van der Waals surface area contributed by atoms with Gasteiger partial charge in [0.1, 0.15) is 12.4 Å². The van der Waals surface area contributed by atoms with E-state index in [4.69, 9.17) is 4.74 Å². The van der Waals surface area contributed by atoms with Crippen molar-refractivity contribution in [1.29, 1.82) is 0 Å². The Kier molecular flexibility index (Phi) is 5.73. The third kappa shape index (κ3) is 4.71. The Balaban J connectivity index is 2.11. The lowest BCUT2D eigenvalue weighted by Gasteiger charge is -2.11. The summed E-state index contributed by atoms with van der Waals surface area (Å²) in [6, 6.07) is 12.2. The number of rotatable bonds is 6. The molecular formula is C19H20N2O3. The number of amides is 2. The maximum Gasteiger partial charge on any atom is 0.255 e. The molecule has 124 valence electrons. The predicted molar refractivity (Wildman–Crippen MR) is 95.6 cm³/mol. The molecule has 0 saturated carbocycles. The Morgan fingerprint density at radius 2 is 1.83 bits per heavy atom. The van der Waals surface area contributed by atoms with Gasteiger partial charge in [0, 0.05) is 23.9 Å². The Hall–Kier alpha value is -3.08. The topological polar surface area (TPSA) is 67.4 Å². The van der Waals surface area contributed by atoms with Gasteiger partial charge in [-0.25, -0.2) is 0 Å². The van der Waals surface area contributed by atoms with Crippen LogP contribution in [0.2, 0.25) is 0 Å². The molecule has 0 saturated heterocycles. The fourth-order valence-corrected chi connectivity index (χ4v) is 2.09. The van der Waals surface area contributed by atoms with Crippen LogP contribution in [0.5, 0.6) is 5.75 Å². The zero-order valence-corrected chi connectivity index (χ0v) is 13.8. The second-order valence-electron chi connectivity index (χ2n) is 5.29. The van der Waals surface area contributed by atoms with Crippen LogP contribution in [0.4, 0.5) is 11.4 Å². The van der Waals surface area contributed by atoms with Crippen molar-refractivity contribution in [3.05, 3.63) is 66.2 Å². The molecule has 0 atom stereocenters. The molecule has 0 unspecified atom stereocenters. The number of benzene rings is 2. The fourth-order valence-electron chi connectivity index (χ4n) is 2.09. The lowest BCUT2D eigenvalue weighted by molar-refractivity contribution is -0.114. The van der Waals surface area contributed by atoms with Crippen molar-refractivity contribution in [1.82, 2.24) is 0 Å². The summed E-state index contributed by atoms with van der Waals surface area (Å²) in [6.45, 7) is 7.33. The molecule has 2 aromatic carbocycles. The van der Waals surface area contributed by atoms with E-state index in [1.54, 1.807) is 42.5 Å². The van der Waals surface area contributed by atoms with Crippen LogP contribution < -0.4 is 15.4 Å². The van der Waals surface area contributed by atoms with E-state index in [0.717, 1.165) is 5.56 Å². The predicted octanol–water partition coefficient (Wildman–Crippen LogP) is 3.77. The summed E-state index contributed by atoms with van der Waals surface area (Å²) in [5, 5.41) is 5.55. The average Bonchev–Trinajstić information content (AvgIpc) is 2.56. The Bertz CT molecular complexity index is 752. The molecule has 5 heteroatoms. The molecule has 0 fully saturated rings. The first kappa shape index (κ1) is 17.3. The molecule has 0 heterocycles. The van der Waals surface area contributed by atoms with Gasteiger partial charge in [-0.05, 0) is 48.9 Å². The standard InChI is InChI=1S/C19H20N2O3/c1-4-11-24-17-9-6-15(7-10-17)19(23)21-18-12-16(20-14(3)22)8-5-13(18)2/h4-10,12H,1,11H2,2-3H3,(H,20,22)(H,21,23).